The molecule has 0 bridgehead atoms. The number of benzene rings is 2. The van der Waals surface area contributed by atoms with E-state index in [0.717, 1.165) is 51.8 Å². The summed E-state index contributed by atoms with van der Waals surface area (Å²) in [6.07, 6.45) is 7.27. The van der Waals surface area contributed by atoms with E-state index in [9.17, 15) is 9.59 Å². The van der Waals surface area contributed by atoms with Gasteiger partial charge in [-0.25, -0.2) is 0 Å². The van der Waals surface area contributed by atoms with E-state index in [1.165, 1.54) is 13.2 Å². The van der Waals surface area contributed by atoms with Crippen LogP contribution in [0.3, 0.4) is 0 Å². The third-order valence-electron chi connectivity index (χ3n) is 11.7. The molecule has 0 aliphatic heterocycles. The van der Waals surface area contributed by atoms with Crippen molar-refractivity contribution in [1.82, 2.24) is 5.32 Å². The third-order valence-corrected chi connectivity index (χ3v) is 34.9. The van der Waals surface area contributed by atoms with Crippen LogP contribution in [-0.4, -0.2) is 59.5 Å². The molecule has 0 spiro atoms. The minimum absolute atomic E-state index is 0.0167. The van der Waals surface area contributed by atoms with Gasteiger partial charge in [0.05, 0.1) is 0 Å². The number of hydrogen-bond donors (Lipinski definition) is 1. The normalized spacial score (nSPS) is 14.4. The van der Waals surface area contributed by atoms with E-state index in [1.807, 2.05) is 24.3 Å². The van der Waals surface area contributed by atoms with E-state index >= 15 is 4.39 Å². The van der Waals surface area contributed by atoms with Crippen molar-refractivity contribution in [2.75, 3.05) is 7.11 Å². The fraction of sp³-hybridized carbons (Fsp3) is 0.628. The first-order chi connectivity index (χ1) is 24.5. The maximum absolute atomic E-state index is 17.6. The summed E-state index contributed by atoms with van der Waals surface area (Å²) in [6.45, 7) is 28.5. The number of halogens is 1. The standard InChI is InChI=1S/C31H45FNO5Si2.3C4H9.Sn/c1-29(2,3)39(8,9)37-25-18-17-23(21-26(25)38-40(10,11)30(4,5)6)22-31(19-20-32,28(35)36-7)33-27(34)24-15-13-12-14-16-24;3*1-3-4-2;/h12-19,21H,22H2,1-11H3,(H,33,34);3*1,3-4H2,2H3;/t31-;;;;/m1..../s1. The van der Waals surface area contributed by atoms with Gasteiger partial charge in [-0.15, -0.1) is 0 Å². The van der Waals surface area contributed by atoms with E-state index in [2.05, 4.69) is 93.8 Å². The molecule has 1 atom stereocenters. The van der Waals surface area contributed by atoms with Crippen molar-refractivity contribution in [3.63, 3.8) is 0 Å². The summed E-state index contributed by atoms with van der Waals surface area (Å²) in [7, 11) is -3.32. The summed E-state index contributed by atoms with van der Waals surface area (Å²) < 4.78 is 39.4. The number of carbonyl (C=O) groups excluding carboxylic acids is 2. The van der Waals surface area contributed by atoms with E-state index in [4.69, 9.17) is 13.6 Å². The molecule has 0 radical (unpaired) electrons. The van der Waals surface area contributed by atoms with Gasteiger partial charge in [-0.2, -0.15) is 0 Å². The SMILES string of the molecule is CCC[CH2][Sn]([CH2]CCC)([CH2]CCC)/[C](F)=C/[C@](Cc1ccc(O[Si](C)(C)C(C)(C)C)c(O[Si](C)(C)C(C)(C)C)c1)(NC(=O)c1ccccc1)C(=O)OC. The second-order valence-electron chi connectivity index (χ2n) is 18.0. The zero-order valence-corrected chi connectivity index (χ0v) is 40.5. The topological polar surface area (TPSA) is 73.9 Å². The van der Waals surface area contributed by atoms with Crippen molar-refractivity contribution in [3.05, 3.63) is 69.6 Å². The Labute approximate surface area is 328 Å². The van der Waals surface area contributed by atoms with Crippen LogP contribution in [0.2, 0.25) is 49.6 Å². The molecular weight excluding hydrogens is 804 g/mol. The average molecular weight is 877 g/mol. The van der Waals surface area contributed by atoms with Crippen LogP contribution in [0.1, 0.15) is 117 Å². The molecule has 10 heteroatoms. The number of esters is 1. The van der Waals surface area contributed by atoms with Crippen LogP contribution in [0.15, 0.2) is 58.4 Å². The summed E-state index contributed by atoms with van der Waals surface area (Å²) in [5.74, 6) is 0.107. The molecule has 2 aromatic carbocycles. The molecule has 6 nitrogen and oxygen atoms in total. The van der Waals surface area contributed by atoms with Crippen molar-refractivity contribution in [1.29, 1.82) is 0 Å². The van der Waals surface area contributed by atoms with Crippen LogP contribution in [-0.2, 0) is 16.0 Å². The first-order valence-corrected chi connectivity index (χ1v) is 33.2. The zero-order valence-electron chi connectivity index (χ0n) is 35.7. The molecule has 2 rings (SSSR count). The average Bonchev–Trinajstić information content (AvgIpc) is 3.07. The molecule has 1 N–H and O–H groups in total. The van der Waals surface area contributed by atoms with Gasteiger partial charge in [0.25, 0.3) is 0 Å². The molecule has 0 unspecified atom stereocenters. The van der Waals surface area contributed by atoms with Crippen molar-refractivity contribution in [3.8, 4) is 11.5 Å². The Hall–Kier alpha value is -2.12. The summed E-state index contributed by atoms with van der Waals surface area (Å²) in [4.78, 5) is 28.3. The van der Waals surface area contributed by atoms with E-state index in [-0.39, 0.29) is 20.3 Å². The number of hydrogen-bond acceptors (Lipinski definition) is 5. The molecule has 0 saturated carbocycles. The van der Waals surface area contributed by atoms with Gasteiger partial charge in [0, 0.05) is 0 Å². The Morgan fingerprint density at radius 1 is 0.755 bits per heavy atom. The van der Waals surface area contributed by atoms with Crippen LogP contribution in [0, 0.1) is 0 Å². The Morgan fingerprint density at radius 3 is 1.66 bits per heavy atom. The van der Waals surface area contributed by atoms with Crippen LogP contribution in [0.4, 0.5) is 4.39 Å². The van der Waals surface area contributed by atoms with Crippen LogP contribution < -0.4 is 14.2 Å². The quantitative estimate of drug-likeness (QED) is 0.106. The molecule has 2 aromatic rings. The first kappa shape index (κ1) is 47.0. The number of unbranched alkanes of at least 4 members (excludes halogenated alkanes) is 3. The van der Waals surface area contributed by atoms with Gasteiger partial charge in [-0.3, -0.25) is 0 Å². The zero-order chi connectivity index (χ0) is 40.3. The van der Waals surface area contributed by atoms with Crippen molar-refractivity contribution >= 4 is 46.9 Å². The molecule has 53 heavy (non-hydrogen) atoms. The van der Waals surface area contributed by atoms with Gasteiger partial charge in [-0.05, 0) is 0 Å². The number of ether oxygens (including phenoxy) is 1. The van der Waals surface area contributed by atoms with E-state index in [1.54, 1.807) is 24.3 Å². The molecule has 0 aliphatic rings. The van der Waals surface area contributed by atoms with Crippen LogP contribution >= 0.6 is 0 Å². The van der Waals surface area contributed by atoms with Crippen molar-refractivity contribution in [2.24, 2.45) is 0 Å². The third kappa shape index (κ3) is 12.7. The van der Waals surface area contributed by atoms with E-state index in [0.29, 0.717) is 22.6 Å². The number of carbonyl (C=O) groups is 2. The summed E-state index contributed by atoms with van der Waals surface area (Å²) in [5.41, 5.74) is -0.706. The van der Waals surface area contributed by atoms with Gasteiger partial charge < -0.3 is 0 Å². The second-order valence-corrected chi connectivity index (χ2v) is 40.5. The number of amides is 1. The Morgan fingerprint density at radius 2 is 1.23 bits per heavy atom. The second kappa shape index (κ2) is 19.7. The predicted molar refractivity (Wildman–Crippen MR) is 229 cm³/mol. The Bertz CT molecular complexity index is 1490. The van der Waals surface area contributed by atoms with Crippen LogP contribution in [0.25, 0.3) is 0 Å². The Kier molecular flexibility index (Phi) is 17.4. The molecule has 0 heterocycles. The molecular formula is C43H72FNO5Si2Sn. The number of rotatable bonds is 20. The molecule has 0 fully saturated rings. The fourth-order valence-electron chi connectivity index (χ4n) is 6.01. The van der Waals surface area contributed by atoms with Crippen molar-refractivity contribution in [2.45, 2.75) is 162 Å². The maximum atomic E-state index is 17.6. The monoisotopic (exact) mass is 877 g/mol. The van der Waals surface area contributed by atoms with Crippen molar-refractivity contribution < 1.29 is 27.6 Å². The number of nitrogens with one attached hydrogen (secondary N) is 1. The summed E-state index contributed by atoms with van der Waals surface area (Å²) in [5, 5.41) is 2.89. The minimum atomic E-state index is -3.69. The van der Waals surface area contributed by atoms with Gasteiger partial charge >= 0.3 is 330 Å². The molecule has 298 valence electrons. The summed E-state index contributed by atoms with van der Waals surface area (Å²) >= 11 is -3.69. The van der Waals surface area contributed by atoms with Crippen LogP contribution in [0.5, 0.6) is 11.5 Å². The van der Waals surface area contributed by atoms with Gasteiger partial charge in [-0.1, -0.05) is 0 Å². The molecule has 0 saturated heterocycles. The van der Waals surface area contributed by atoms with E-state index < -0.39 is 52.4 Å². The van der Waals surface area contributed by atoms with Gasteiger partial charge in [0.15, 0.2) is 0 Å². The Balaban J connectivity index is 2.95. The van der Waals surface area contributed by atoms with Gasteiger partial charge in [0.2, 0.25) is 0 Å². The van der Waals surface area contributed by atoms with Gasteiger partial charge in [0.1, 0.15) is 0 Å². The fourth-order valence-corrected chi connectivity index (χ4v) is 22.6. The number of methoxy groups -OCH3 is 1. The summed E-state index contributed by atoms with van der Waals surface area (Å²) in [6, 6.07) is 14.6. The molecule has 1 amide bonds. The molecule has 0 aliphatic carbocycles. The predicted octanol–water partition coefficient (Wildman–Crippen LogP) is 12.6. The molecule has 0 aromatic heterocycles. The first-order valence-electron chi connectivity index (χ1n) is 19.9.